The van der Waals surface area contributed by atoms with E-state index >= 15 is 0 Å². The molecule has 27 heavy (non-hydrogen) atoms. The van der Waals surface area contributed by atoms with E-state index in [0.29, 0.717) is 10.9 Å². The Labute approximate surface area is 172 Å². The maximum Gasteiger partial charge on any atom is 0.150 e. The molecule has 1 aromatic carbocycles. The largest absolute Gasteiger partial charge is 0.356 e. The molecule has 1 saturated heterocycles. The van der Waals surface area contributed by atoms with Crippen LogP contribution in [-0.2, 0) is 10.6 Å². The van der Waals surface area contributed by atoms with E-state index in [1.165, 1.54) is 0 Å². The fraction of sp³-hybridized carbons (Fsp3) is 0.300. The summed E-state index contributed by atoms with van der Waals surface area (Å²) in [6.07, 6.45) is 6.74. The zero-order valence-corrected chi connectivity index (χ0v) is 17.0. The van der Waals surface area contributed by atoms with Crippen molar-refractivity contribution >= 4 is 35.0 Å². The molecule has 3 aromatic rings. The van der Waals surface area contributed by atoms with E-state index in [0.717, 1.165) is 52.6 Å². The van der Waals surface area contributed by atoms with Crippen molar-refractivity contribution in [2.24, 2.45) is 0 Å². The zero-order valence-electron chi connectivity index (χ0n) is 14.6. The van der Waals surface area contributed by atoms with Crippen LogP contribution in [0.5, 0.6) is 0 Å². The lowest BCUT2D eigenvalue weighted by molar-refractivity contribution is -0.0384. The van der Waals surface area contributed by atoms with Crippen LogP contribution in [0, 0.1) is 0 Å². The molecule has 0 spiro atoms. The van der Waals surface area contributed by atoms with E-state index in [4.69, 9.17) is 27.9 Å². The van der Waals surface area contributed by atoms with Gasteiger partial charge in [-0.05, 0) is 37.0 Å². The predicted octanol–water partition coefficient (Wildman–Crippen LogP) is 6.19. The van der Waals surface area contributed by atoms with Crippen LogP contribution in [0.2, 0.25) is 5.02 Å². The molecule has 1 atom stereocenters. The van der Waals surface area contributed by atoms with E-state index in [9.17, 15) is 0 Å². The summed E-state index contributed by atoms with van der Waals surface area (Å²) in [6, 6.07) is 12.1. The molecule has 0 saturated carbocycles. The second-order valence-corrected chi connectivity index (χ2v) is 8.14. The number of halogens is 2. The van der Waals surface area contributed by atoms with Crippen molar-refractivity contribution in [1.29, 1.82) is 0 Å². The lowest BCUT2D eigenvalue weighted by Gasteiger charge is -2.25. The Kier molecular flexibility index (Phi) is 6.03. The van der Waals surface area contributed by atoms with Crippen LogP contribution >= 0.6 is 35.0 Å². The third-order valence-electron chi connectivity index (χ3n) is 4.49. The van der Waals surface area contributed by atoms with Gasteiger partial charge in [-0.15, -0.1) is 11.6 Å². The van der Waals surface area contributed by atoms with Gasteiger partial charge in [0, 0.05) is 24.2 Å². The third kappa shape index (κ3) is 4.32. The minimum absolute atomic E-state index is 0.0334. The SMILES string of the molecule is ClCc1ccc(-c2c(Sc3ccc(Cl)cn3)cnn2C2CCCCO2)cc1. The first-order valence-corrected chi connectivity index (χ1v) is 10.6. The molecule has 3 heterocycles. The van der Waals surface area contributed by atoms with E-state index < -0.39 is 0 Å². The highest BCUT2D eigenvalue weighted by Crippen LogP contribution is 2.38. The molecule has 7 heteroatoms. The minimum atomic E-state index is -0.0334. The van der Waals surface area contributed by atoms with Gasteiger partial charge < -0.3 is 4.74 Å². The van der Waals surface area contributed by atoms with E-state index in [2.05, 4.69) is 34.3 Å². The summed E-state index contributed by atoms with van der Waals surface area (Å²) in [5, 5.41) is 6.17. The summed E-state index contributed by atoms with van der Waals surface area (Å²) < 4.78 is 7.99. The maximum atomic E-state index is 5.99. The first-order valence-electron chi connectivity index (χ1n) is 8.88. The van der Waals surface area contributed by atoms with Crippen molar-refractivity contribution in [3.8, 4) is 11.3 Å². The molecule has 1 fully saturated rings. The number of benzene rings is 1. The number of pyridine rings is 1. The minimum Gasteiger partial charge on any atom is -0.356 e. The van der Waals surface area contributed by atoms with Gasteiger partial charge >= 0.3 is 0 Å². The molecule has 2 aromatic heterocycles. The van der Waals surface area contributed by atoms with Gasteiger partial charge in [0.05, 0.1) is 21.8 Å². The van der Waals surface area contributed by atoms with Crippen LogP contribution in [0.1, 0.15) is 31.1 Å². The van der Waals surface area contributed by atoms with Crippen LogP contribution in [0.3, 0.4) is 0 Å². The van der Waals surface area contributed by atoms with E-state index in [1.807, 2.05) is 23.0 Å². The average molecular weight is 420 g/mol. The van der Waals surface area contributed by atoms with Gasteiger partial charge in [-0.2, -0.15) is 5.10 Å². The highest BCUT2D eigenvalue weighted by Gasteiger charge is 2.23. The standard InChI is InChI=1S/C20H19Cl2N3OS/c21-11-14-4-6-15(7-5-14)20-17(27-18-9-8-16(22)12-23-18)13-24-25(20)19-3-1-2-10-26-19/h4-9,12-13,19H,1-3,10-11H2. The predicted molar refractivity (Wildman–Crippen MR) is 109 cm³/mol. The van der Waals surface area contributed by atoms with Crippen LogP contribution in [-0.4, -0.2) is 21.4 Å². The summed E-state index contributed by atoms with van der Waals surface area (Å²) in [7, 11) is 0. The maximum absolute atomic E-state index is 5.99. The Hall–Kier alpha value is -1.53. The Bertz CT molecular complexity index is 891. The van der Waals surface area contributed by atoms with E-state index in [-0.39, 0.29) is 6.23 Å². The fourth-order valence-corrected chi connectivity index (χ4v) is 4.28. The molecule has 4 rings (SSSR count). The van der Waals surface area contributed by atoms with Gasteiger partial charge in [0.1, 0.15) is 5.03 Å². The molecule has 0 N–H and O–H groups in total. The van der Waals surface area contributed by atoms with Crippen molar-refractivity contribution in [3.05, 3.63) is 59.4 Å². The van der Waals surface area contributed by atoms with Gasteiger partial charge in [0.2, 0.25) is 0 Å². The van der Waals surface area contributed by atoms with Crippen molar-refractivity contribution in [3.63, 3.8) is 0 Å². The number of hydrogen-bond acceptors (Lipinski definition) is 4. The average Bonchev–Trinajstić information content (AvgIpc) is 3.14. The topological polar surface area (TPSA) is 39.9 Å². The first-order chi connectivity index (χ1) is 13.2. The number of ether oxygens (including phenoxy) is 1. The quantitative estimate of drug-likeness (QED) is 0.462. The molecule has 0 bridgehead atoms. The molecule has 4 nitrogen and oxygen atoms in total. The number of rotatable bonds is 5. The highest BCUT2D eigenvalue weighted by atomic mass is 35.5. The molecule has 1 aliphatic rings. The summed E-state index contributed by atoms with van der Waals surface area (Å²) in [5.41, 5.74) is 3.23. The van der Waals surface area contributed by atoms with Gasteiger partial charge in [-0.25, -0.2) is 9.67 Å². The number of nitrogens with zero attached hydrogens (tertiary/aromatic N) is 3. The lowest BCUT2D eigenvalue weighted by Crippen LogP contribution is -2.20. The molecular formula is C20H19Cl2N3OS. The second-order valence-electron chi connectivity index (χ2n) is 6.37. The third-order valence-corrected chi connectivity index (χ3v) is 5.99. The summed E-state index contributed by atoms with van der Waals surface area (Å²) in [5.74, 6) is 0.502. The van der Waals surface area contributed by atoms with Crippen molar-refractivity contribution in [1.82, 2.24) is 14.8 Å². The van der Waals surface area contributed by atoms with Crippen LogP contribution in [0.4, 0.5) is 0 Å². The van der Waals surface area contributed by atoms with Crippen molar-refractivity contribution in [2.45, 2.75) is 41.3 Å². The van der Waals surface area contributed by atoms with Gasteiger partial charge in [0.15, 0.2) is 6.23 Å². The molecule has 1 unspecified atom stereocenters. The van der Waals surface area contributed by atoms with Gasteiger partial charge in [-0.1, -0.05) is 47.6 Å². The van der Waals surface area contributed by atoms with Crippen LogP contribution < -0.4 is 0 Å². The van der Waals surface area contributed by atoms with Gasteiger partial charge in [0.25, 0.3) is 0 Å². The molecule has 1 aliphatic heterocycles. The first kappa shape index (κ1) is 18.8. The molecule has 0 radical (unpaired) electrons. The zero-order chi connectivity index (χ0) is 18.6. The summed E-state index contributed by atoms with van der Waals surface area (Å²) >= 11 is 13.5. The van der Waals surface area contributed by atoms with Crippen molar-refractivity contribution in [2.75, 3.05) is 6.61 Å². The number of alkyl halides is 1. The summed E-state index contributed by atoms with van der Waals surface area (Å²) in [6.45, 7) is 0.774. The highest BCUT2D eigenvalue weighted by molar-refractivity contribution is 7.99. The molecule has 0 aliphatic carbocycles. The second kappa shape index (κ2) is 8.65. The Morgan fingerprint density at radius 3 is 2.63 bits per heavy atom. The molecule has 0 amide bonds. The smallest absolute Gasteiger partial charge is 0.150 e. The number of hydrogen-bond donors (Lipinski definition) is 0. The van der Waals surface area contributed by atoms with E-state index in [1.54, 1.807) is 18.0 Å². The Morgan fingerprint density at radius 1 is 1.11 bits per heavy atom. The molecule has 140 valence electrons. The van der Waals surface area contributed by atoms with Gasteiger partial charge in [-0.3, -0.25) is 0 Å². The normalized spacial score (nSPS) is 17.2. The fourth-order valence-electron chi connectivity index (χ4n) is 3.12. The van der Waals surface area contributed by atoms with Crippen molar-refractivity contribution < 1.29 is 4.74 Å². The lowest BCUT2D eigenvalue weighted by atomic mass is 10.1. The number of aromatic nitrogens is 3. The molecular weight excluding hydrogens is 401 g/mol. The van der Waals surface area contributed by atoms with Crippen LogP contribution in [0.15, 0.2) is 58.7 Å². The Balaban J connectivity index is 1.73. The Morgan fingerprint density at radius 2 is 1.96 bits per heavy atom. The summed E-state index contributed by atoms with van der Waals surface area (Å²) in [4.78, 5) is 5.44. The monoisotopic (exact) mass is 419 g/mol. The van der Waals surface area contributed by atoms with Crippen LogP contribution in [0.25, 0.3) is 11.3 Å².